The summed E-state index contributed by atoms with van der Waals surface area (Å²) in [6.07, 6.45) is 19.0. The van der Waals surface area contributed by atoms with E-state index in [0.717, 1.165) is 13.0 Å². The maximum Gasteiger partial charge on any atom is 0.264 e. The minimum absolute atomic E-state index is 0.0639. The third-order valence-electron chi connectivity index (χ3n) is 12.7. The fourth-order valence-corrected chi connectivity index (χ4v) is 9.99. The SMILES string of the molecule is CCCCCN1C(=CC=C2C=C(C=CC3=[N+](CCCCS(=O)(=O)O)c4ccc(CC)cc4C3(C)C)C3CC2C3(C)C)C(C)(C)c2cc(C)ccc21. The molecule has 3 aliphatic carbocycles. The van der Waals surface area contributed by atoms with E-state index in [-0.39, 0.29) is 22.0 Å². The quantitative estimate of drug-likeness (QED) is 0.128. The second-order valence-electron chi connectivity index (χ2n) is 17.2. The first-order valence-electron chi connectivity index (χ1n) is 19.4. The van der Waals surface area contributed by atoms with Crippen LogP contribution in [0.5, 0.6) is 0 Å². The number of rotatable bonds is 13. The van der Waals surface area contributed by atoms with Crippen LogP contribution < -0.4 is 4.90 Å². The molecule has 2 aromatic carbocycles. The molecule has 6 heteroatoms. The van der Waals surface area contributed by atoms with Gasteiger partial charge in [0.2, 0.25) is 5.69 Å². The molecule has 2 heterocycles. The Labute approximate surface area is 308 Å². The number of allylic oxidation sites excluding steroid dienone is 8. The molecule has 0 aromatic heterocycles. The van der Waals surface area contributed by atoms with Crippen LogP contribution >= 0.6 is 0 Å². The average Bonchev–Trinajstić information content (AvgIpc) is 3.41. The van der Waals surface area contributed by atoms with Crippen LogP contribution in [0.25, 0.3) is 0 Å². The number of hydrogen-bond acceptors (Lipinski definition) is 3. The zero-order valence-corrected chi connectivity index (χ0v) is 33.5. The highest BCUT2D eigenvalue weighted by Crippen LogP contribution is 2.61. The van der Waals surface area contributed by atoms with Crippen molar-refractivity contribution in [2.45, 2.75) is 118 Å². The summed E-state index contributed by atoms with van der Waals surface area (Å²) in [6, 6.07) is 13.8. The number of anilines is 1. The Morgan fingerprint density at radius 2 is 1.65 bits per heavy atom. The van der Waals surface area contributed by atoms with Crippen molar-refractivity contribution in [3.63, 3.8) is 0 Å². The van der Waals surface area contributed by atoms with E-state index in [2.05, 4.69) is 139 Å². The Morgan fingerprint density at radius 1 is 0.882 bits per heavy atom. The van der Waals surface area contributed by atoms with E-state index in [0.29, 0.717) is 31.2 Å². The highest BCUT2D eigenvalue weighted by molar-refractivity contribution is 7.85. The Hall–Kier alpha value is -3.22. The minimum atomic E-state index is -3.97. The molecule has 0 amide bonds. The highest BCUT2D eigenvalue weighted by Gasteiger charge is 2.53. The van der Waals surface area contributed by atoms with Gasteiger partial charge in [-0.05, 0) is 104 Å². The van der Waals surface area contributed by atoms with Crippen LogP contribution in [0.15, 0.2) is 83.6 Å². The van der Waals surface area contributed by atoms with E-state index < -0.39 is 10.1 Å². The van der Waals surface area contributed by atoms with Crippen LogP contribution in [0, 0.1) is 24.2 Å². The smallest absolute Gasteiger partial charge is 0.264 e. The predicted molar refractivity (Wildman–Crippen MR) is 214 cm³/mol. The normalized spacial score (nSPS) is 24.4. The number of aryl methyl sites for hydroxylation is 2. The second kappa shape index (κ2) is 14.0. The maximum absolute atomic E-state index is 11.4. The molecule has 0 saturated heterocycles. The minimum Gasteiger partial charge on any atom is -0.344 e. The molecule has 0 spiro atoms. The van der Waals surface area contributed by atoms with E-state index in [1.54, 1.807) is 0 Å². The third-order valence-corrected chi connectivity index (χ3v) is 13.5. The molecule has 7 rings (SSSR count). The topological polar surface area (TPSA) is 60.6 Å². The summed E-state index contributed by atoms with van der Waals surface area (Å²) >= 11 is 0. The van der Waals surface area contributed by atoms with Crippen LogP contribution in [-0.4, -0.2) is 42.1 Å². The molecule has 5 aliphatic rings. The molecule has 2 aliphatic heterocycles. The van der Waals surface area contributed by atoms with Gasteiger partial charge in [0.15, 0.2) is 5.71 Å². The standard InChI is InChI=1S/C45H60N2O3S/c1-10-12-13-24-46-39-20-16-31(3)27-37(39)44(6,7)41(46)22-18-33-29-34(36-30-35(33)43(36,4)5)19-23-42-45(8,9)38-28-32(11-2)17-21-40(38)47(42)25-14-15-26-51(48,49)50/h16-23,27-29,35-36H,10-15,24-26,30H2,1-9H3/p+1. The van der Waals surface area contributed by atoms with Gasteiger partial charge >= 0.3 is 0 Å². The van der Waals surface area contributed by atoms with E-state index in [1.807, 2.05) is 0 Å². The summed E-state index contributed by atoms with van der Waals surface area (Å²) in [6.45, 7) is 22.7. The number of unbranched alkanes of at least 4 members (excludes halogenated alkanes) is 3. The van der Waals surface area contributed by atoms with Crippen LogP contribution in [0.3, 0.4) is 0 Å². The van der Waals surface area contributed by atoms with Crippen LogP contribution in [-0.2, 0) is 27.4 Å². The van der Waals surface area contributed by atoms with E-state index >= 15 is 0 Å². The third kappa shape index (κ3) is 7.00. The zero-order chi connectivity index (χ0) is 36.9. The lowest BCUT2D eigenvalue weighted by atomic mass is 9.47. The molecular formula is C45H61N2O3S+. The van der Waals surface area contributed by atoms with E-state index in [9.17, 15) is 13.0 Å². The van der Waals surface area contributed by atoms with Gasteiger partial charge in [0, 0.05) is 47.5 Å². The number of fused-ring (bicyclic) bond motifs is 3. The number of hydrogen-bond donors (Lipinski definition) is 1. The van der Waals surface area contributed by atoms with Crippen molar-refractivity contribution in [1.82, 2.24) is 0 Å². The fraction of sp³-hybridized carbons (Fsp3) is 0.533. The van der Waals surface area contributed by atoms with Crippen molar-refractivity contribution < 1.29 is 17.5 Å². The lowest BCUT2D eigenvalue weighted by Gasteiger charge is -2.57. The van der Waals surface area contributed by atoms with Crippen LogP contribution in [0.2, 0.25) is 0 Å². The molecular weight excluding hydrogens is 649 g/mol. The van der Waals surface area contributed by atoms with Crippen molar-refractivity contribution in [1.29, 1.82) is 0 Å². The van der Waals surface area contributed by atoms with Gasteiger partial charge in [-0.1, -0.05) is 96.4 Å². The lowest BCUT2D eigenvalue weighted by molar-refractivity contribution is -0.438. The number of nitrogens with zero attached hydrogens (tertiary/aromatic N) is 2. The van der Waals surface area contributed by atoms with Gasteiger partial charge in [0.05, 0.1) is 11.2 Å². The Balaban J connectivity index is 1.36. The summed E-state index contributed by atoms with van der Waals surface area (Å²) in [7, 11) is -3.97. The zero-order valence-electron chi connectivity index (χ0n) is 32.6. The monoisotopic (exact) mass is 709 g/mol. The second-order valence-corrected chi connectivity index (χ2v) is 18.8. The molecule has 2 atom stereocenters. The van der Waals surface area contributed by atoms with Crippen LogP contribution in [0.4, 0.5) is 11.4 Å². The van der Waals surface area contributed by atoms with Gasteiger partial charge in [-0.15, -0.1) is 0 Å². The van der Waals surface area contributed by atoms with Crippen molar-refractivity contribution in [2.24, 2.45) is 17.3 Å². The van der Waals surface area contributed by atoms with Gasteiger partial charge < -0.3 is 4.90 Å². The first-order chi connectivity index (χ1) is 24.0. The van der Waals surface area contributed by atoms with Crippen molar-refractivity contribution in [3.8, 4) is 0 Å². The van der Waals surface area contributed by atoms with Gasteiger partial charge in [-0.3, -0.25) is 4.55 Å². The van der Waals surface area contributed by atoms with E-state index in [1.165, 1.54) is 81.9 Å². The molecule has 2 unspecified atom stereocenters. The van der Waals surface area contributed by atoms with Crippen molar-refractivity contribution in [3.05, 3.63) is 106 Å². The predicted octanol–water partition coefficient (Wildman–Crippen LogP) is 10.6. The molecule has 1 saturated carbocycles. The molecule has 0 radical (unpaired) electrons. The van der Waals surface area contributed by atoms with E-state index in [4.69, 9.17) is 0 Å². The molecule has 1 N–H and O–H groups in total. The molecule has 1 fully saturated rings. The molecule has 2 bridgehead atoms. The van der Waals surface area contributed by atoms with Gasteiger partial charge in [-0.25, -0.2) is 0 Å². The summed E-state index contributed by atoms with van der Waals surface area (Å²) in [5.41, 5.74) is 13.4. The highest BCUT2D eigenvalue weighted by atomic mass is 32.2. The molecule has 51 heavy (non-hydrogen) atoms. The number of benzene rings is 2. The van der Waals surface area contributed by atoms with Crippen LogP contribution in [0.1, 0.15) is 116 Å². The Bertz CT molecular complexity index is 1950. The average molecular weight is 710 g/mol. The molecule has 5 nitrogen and oxygen atoms in total. The summed E-state index contributed by atoms with van der Waals surface area (Å²) in [5.74, 6) is 0.865. The molecule has 2 aromatic rings. The first kappa shape index (κ1) is 37.5. The largest absolute Gasteiger partial charge is 0.344 e. The Kier molecular flexibility index (Phi) is 10.3. The van der Waals surface area contributed by atoms with Crippen molar-refractivity contribution in [2.75, 3.05) is 23.7 Å². The first-order valence-corrected chi connectivity index (χ1v) is 21.1. The maximum atomic E-state index is 11.4. The summed E-state index contributed by atoms with van der Waals surface area (Å²) in [5, 5.41) is 0. The fourth-order valence-electron chi connectivity index (χ4n) is 9.42. The van der Waals surface area contributed by atoms with Gasteiger partial charge in [-0.2, -0.15) is 13.0 Å². The van der Waals surface area contributed by atoms with Gasteiger partial charge in [0.1, 0.15) is 6.54 Å². The Morgan fingerprint density at radius 3 is 2.33 bits per heavy atom. The van der Waals surface area contributed by atoms with Crippen molar-refractivity contribution >= 4 is 27.2 Å². The summed E-state index contributed by atoms with van der Waals surface area (Å²) in [4.78, 5) is 2.59. The lowest BCUT2D eigenvalue weighted by Crippen LogP contribution is -2.48. The summed E-state index contributed by atoms with van der Waals surface area (Å²) < 4.78 is 34.6. The molecule has 274 valence electrons. The van der Waals surface area contributed by atoms with Gasteiger partial charge in [0.25, 0.3) is 10.1 Å².